The normalized spacial score (nSPS) is 25.7. The minimum absolute atomic E-state index is 0.000700. The van der Waals surface area contributed by atoms with E-state index in [0.29, 0.717) is 13.0 Å². The highest BCUT2D eigenvalue weighted by atomic mass is 16.5. The number of H-pyrrole nitrogens is 1. The molecule has 2 aromatic carbocycles. The number of ether oxygens (including phenoxy) is 1. The molecule has 6 rings (SSSR count). The second kappa shape index (κ2) is 7.24. The van der Waals surface area contributed by atoms with Gasteiger partial charge >= 0.3 is 0 Å². The van der Waals surface area contributed by atoms with E-state index in [2.05, 4.69) is 17.1 Å². The van der Waals surface area contributed by atoms with Crippen LogP contribution < -0.4 is 0 Å². The Bertz CT molecular complexity index is 1150. The average molecular weight is 415 g/mol. The summed E-state index contributed by atoms with van der Waals surface area (Å²) >= 11 is 0. The smallest absolute Gasteiger partial charge is 0.246 e. The molecule has 0 spiro atoms. The zero-order valence-corrected chi connectivity index (χ0v) is 17.3. The van der Waals surface area contributed by atoms with Crippen LogP contribution in [0.2, 0.25) is 0 Å². The fourth-order valence-corrected chi connectivity index (χ4v) is 5.49. The molecule has 0 saturated carbocycles. The summed E-state index contributed by atoms with van der Waals surface area (Å²) in [7, 11) is 0. The molecule has 2 saturated heterocycles. The van der Waals surface area contributed by atoms with Crippen LogP contribution in [0.5, 0.6) is 0 Å². The Balaban J connectivity index is 1.45. The van der Waals surface area contributed by atoms with Gasteiger partial charge in [0.25, 0.3) is 0 Å². The molecule has 0 unspecified atom stereocenters. The van der Waals surface area contributed by atoms with Gasteiger partial charge in [-0.2, -0.15) is 0 Å². The number of hydrogen-bond donors (Lipinski definition) is 1. The van der Waals surface area contributed by atoms with Crippen LogP contribution in [0.25, 0.3) is 10.9 Å². The predicted octanol–water partition coefficient (Wildman–Crippen LogP) is 3.03. The molecule has 2 fully saturated rings. The SMILES string of the molecule is O=C1[C@@H]2Cc3c([nH]c4ccccc34)[C@@H](c3ccccc3)N2C(=O)CN1C[C@@H]1CCCO1. The average Bonchev–Trinajstić information content (AvgIpc) is 3.44. The van der Waals surface area contributed by atoms with Crippen molar-refractivity contribution in [3.8, 4) is 0 Å². The third-order valence-electron chi connectivity index (χ3n) is 6.91. The lowest BCUT2D eigenvalue weighted by molar-refractivity contribution is -0.159. The highest BCUT2D eigenvalue weighted by molar-refractivity contribution is 5.97. The lowest BCUT2D eigenvalue weighted by Gasteiger charge is -2.47. The molecule has 31 heavy (non-hydrogen) atoms. The minimum Gasteiger partial charge on any atom is -0.376 e. The molecule has 0 bridgehead atoms. The molecule has 0 radical (unpaired) electrons. The van der Waals surface area contributed by atoms with Gasteiger partial charge in [-0.15, -0.1) is 0 Å². The maximum atomic E-state index is 13.6. The fraction of sp³-hybridized carbons (Fsp3) is 0.360. The van der Waals surface area contributed by atoms with Crippen molar-refractivity contribution in [2.75, 3.05) is 19.7 Å². The number of amides is 2. The van der Waals surface area contributed by atoms with E-state index in [4.69, 9.17) is 4.74 Å². The first-order valence-electron chi connectivity index (χ1n) is 11.1. The van der Waals surface area contributed by atoms with Gasteiger partial charge in [0, 0.05) is 36.2 Å². The number of aromatic nitrogens is 1. The van der Waals surface area contributed by atoms with Gasteiger partial charge < -0.3 is 19.5 Å². The number of piperazine rings is 1. The van der Waals surface area contributed by atoms with Crippen LogP contribution in [0, 0.1) is 0 Å². The van der Waals surface area contributed by atoms with Crippen LogP contribution in [-0.2, 0) is 20.7 Å². The first-order valence-corrected chi connectivity index (χ1v) is 11.1. The van der Waals surface area contributed by atoms with Crippen molar-refractivity contribution in [2.24, 2.45) is 0 Å². The van der Waals surface area contributed by atoms with Crippen molar-refractivity contribution in [2.45, 2.75) is 37.5 Å². The van der Waals surface area contributed by atoms with Gasteiger partial charge in [0.05, 0.1) is 18.7 Å². The summed E-state index contributed by atoms with van der Waals surface area (Å²) in [5.41, 5.74) is 4.24. The van der Waals surface area contributed by atoms with Crippen molar-refractivity contribution in [1.82, 2.24) is 14.8 Å². The standard InChI is InChI=1S/C25H25N3O3/c29-22-15-27(14-17-9-6-12-31-17)25(30)21-13-19-18-10-4-5-11-20(18)26-23(19)24(28(21)22)16-7-2-1-3-8-16/h1-5,7-8,10-11,17,21,24,26H,6,9,12-15H2/t17-,21-,24+/m0/s1. The van der Waals surface area contributed by atoms with E-state index in [1.165, 1.54) is 0 Å². The predicted molar refractivity (Wildman–Crippen MR) is 116 cm³/mol. The van der Waals surface area contributed by atoms with Gasteiger partial charge in [-0.05, 0) is 30.0 Å². The van der Waals surface area contributed by atoms with Crippen LogP contribution in [0.15, 0.2) is 54.6 Å². The van der Waals surface area contributed by atoms with Gasteiger partial charge in [0.15, 0.2) is 0 Å². The van der Waals surface area contributed by atoms with Crippen LogP contribution in [-0.4, -0.2) is 58.4 Å². The van der Waals surface area contributed by atoms with E-state index in [1.54, 1.807) is 4.90 Å². The minimum atomic E-state index is -0.487. The fourth-order valence-electron chi connectivity index (χ4n) is 5.49. The molecule has 3 aromatic rings. The van der Waals surface area contributed by atoms with E-state index in [0.717, 1.165) is 47.2 Å². The molecule has 4 heterocycles. The Morgan fingerprint density at radius 3 is 2.65 bits per heavy atom. The number of fused-ring (bicyclic) bond motifs is 4. The first-order chi connectivity index (χ1) is 15.2. The summed E-state index contributed by atoms with van der Waals surface area (Å²) in [5, 5.41) is 1.13. The molecular formula is C25H25N3O3. The lowest BCUT2D eigenvalue weighted by atomic mass is 9.86. The van der Waals surface area contributed by atoms with Crippen LogP contribution in [0.1, 0.15) is 35.7 Å². The molecule has 158 valence electrons. The van der Waals surface area contributed by atoms with E-state index in [9.17, 15) is 9.59 Å². The van der Waals surface area contributed by atoms with E-state index >= 15 is 0 Å². The van der Waals surface area contributed by atoms with Crippen molar-refractivity contribution >= 4 is 22.7 Å². The molecule has 3 aliphatic heterocycles. The number of aromatic amines is 1. The number of nitrogens with zero attached hydrogens (tertiary/aromatic N) is 2. The first kappa shape index (κ1) is 18.6. The van der Waals surface area contributed by atoms with Crippen molar-refractivity contribution < 1.29 is 14.3 Å². The van der Waals surface area contributed by atoms with Crippen LogP contribution in [0.3, 0.4) is 0 Å². The lowest BCUT2D eigenvalue weighted by Crippen LogP contribution is -2.63. The second-order valence-corrected chi connectivity index (χ2v) is 8.75. The molecule has 6 nitrogen and oxygen atoms in total. The van der Waals surface area contributed by atoms with Gasteiger partial charge in [-0.3, -0.25) is 9.59 Å². The van der Waals surface area contributed by atoms with E-state index in [-0.39, 0.29) is 30.5 Å². The number of para-hydroxylation sites is 1. The molecule has 1 N–H and O–H groups in total. The monoisotopic (exact) mass is 415 g/mol. The summed E-state index contributed by atoms with van der Waals surface area (Å²) in [5.74, 6) is 0.0349. The maximum absolute atomic E-state index is 13.6. The van der Waals surface area contributed by atoms with Gasteiger partial charge in [-0.25, -0.2) is 0 Å². The number of hydrogen-bond acceptors (Lipinski definition) is 3. The van der Waals surface area contributed by atoms with Crippen LogP contribution in [0.4, 0.5) is 0 Å². The molecule has 3 atom stereocenters. The Kier molecular flexibility index (Phi) is 4.35. The number of nitrogens with one attached hydrogen (secondary N) is 1. The molecule has 1 aromatic heterocycles. The van der Waals surface area contributed by atoms with Gasteiger partial charge in [0.2, 0.25) is 11.8 Å². The zero-order chi connectivity index (χ0) is 20.9. The number of carbonyl (C=O) groups excluding carboxylic acids is 2. The number of rotatable bonds is 3. The summed E-state index contributed by atoms with van der Waals surface area (Å²) in [6, 6.07) is 17.4. The molecule has 3 aliphatic rings. The quantitative estimate of drug-likeness (QED) is 0.715. The zero-order valence-electron chi connectivity index (χ0n) is 17.3. The summed E-state index contributed by atoms with van der Waals surface area (Å²) in [6.45, 7) is 1.37. The molecule has 6 heteroatoms. The topological polar surface area (TPSA) is 65.6 Å². The summed E-state index contributed by atoms with van der Waals surface area (Å²) in [6.07, 6.45) is 2.55. The van der Waals surface area contributed by atoms with Crippen molar-refractivity contribution in [1.29, 1.82) is 0 Å². The number of benzene rings is 2. The van der Waals surface area contributed by atoms with Crippen molar-refractivity contribution in [3.63, 3.8) is 0 Å². The van der Waals surface area contributed by atoms with Crippen molar-refractivity contribution in [3.05, 3.63) is 71.4 Å². The number of carbonyl (C=O) groups is 2. The second-order valence-electron chi connectivity index (χ2n) is 8.75. The third-order valence-corrected chi connectivity index (χ3v) is 6.91. The molecule has 0 aliphatic carbocycles. The van der Waals surface area contributed by atoms with Gasteiger partial charge in [-0.1, -0.05) is 48.5 Å². The Labute approximate surface area is 180 Å². The molecular weight excluding hydrogens is 390 g/mol. The Hall–Kier alpha value is -3.12. The summed E-state index contributed by atoms with van der Waals surface area (Å²) < 4.78 is 5.74. The Morgan fingerprint density at radius 2 is 1.84 bits per heavy atom. The van der Waals surface area contributed by atoms with E-state index < -0.39 is 6.04 Å². The third kappa shape index (κ3) is 2.97. The highest BCUT2D eigenvalue weighted by Crippen LogP contribution is 2.42. The van der Waals surface area contributed by atoms with E-state index in [1.807, 2.05) is 47.4 Å². The summed E-state index contributed by atoms with van der Waals surface area (Å²) in [4.78, 5) is 34.2. The maximum Gasteiger partial charge on any atom is 0.246 e. The Morgan fingerprint density at radius 1 is 1.03 bits per heavy atom. The highest BCUT2D eigenvalue weighted by Gasteiger charge is 2.48. The molecule has 2 amide bonds. The van der Waals surface area contributed by atoms with Crippen LogP contribution >= 0.6 is 0 Å². The van der Waals surface area contributed by atoms with Gasteiger partial charge in [0.1, 0.15) is 6.04 Å². The largest absolute Gasteiger partial charge is 0.376 e.